The minimum absolute atomic E-state index is 0.0801. The van der Waals surface area contributed by atoms with Gasteiger partial charge in [0.1, 0.15) is 0 Å². The number of benzene rings is 2. The second-order valence-corrected chi connectivity index (χ2v) is 5.61. The summed E-state index contributed by atoms with van der Waals surface area (Å²) in [6.07, 6.45) is 2.36. The summed E-state index contributed by atoms with van der Waals surface area (Å²) in [6, 6.07) is 18.4. The molecule has 0 atom stereocenters. The molecule has 3 heteroatoms. The van der Waals surface area contributed by atoms with Crippen LogP contribution in [0.4, 0.5) is 11.4 Å². The van der Waals surface area contributed by atoms with E-state index in [1.54, 1.807) is 0 Å². The molecule has 0 radical (unpaired) electrons. The first-order valence-corrected chi connectivity index (χ1v) is 8.41. The number of hydrogen-bond acceptors (Lipinski definition) is 2. The van der Waals surface area contributed by atoms with Gasteiger partial charge in [-0.3, -0.25) is 4.79 Å². The summed E-state index contributed by atoms with van der Waals surface area (Å²) in [6.45, 7) is 6.27. The molecular formula is C20H26N2O. The first-order chi connectivity index (χ1) is 11.2. The van der Waals surface area contributed by atoms with E-state index in [4.69, 9.17) is 0 Å². The predicted molar refractivity (Wildman–Crippen MR) is 98.0 cm³/mol. The van der Waals surface area contributed by atoms with Gasteiger partial charge in [0.25, 0.3) is 0 Å². The molecule has 122 valence electrons. The van der Waals surface area contributed by atoms with Crippen molar-refractivity contribution in [1.29, 1.82) is 0 Å². The highest BCUT2D eigenvalue weighted by Gasteiger charge is 2.05. The maximum Gasteiger partial charge on any atom is 0.224 e. The molecule has 0 fully saturated rings. The summed E-state index contributed by atoms with van der Waals surface area (Å²) >= 11 is 0. The van der Waals surface area contributed by atoms with E-state index < -0.39 is 0 Å². The van der Waals surface area contributed by atoms with Crippen molar-refractivity contribution in [2.24, 2.45) is 0 Å². The number of nitrogens with one attached hydrogen (secondary N) is 1. The third kappa shape index (κ3) is 5.44. The zero-order valence-corrected chi connectivity index (χ0v) is 14.1. The third-order valence-corrected chi connectivity index (χ3v) is 3.99. The molecule has 1 amide bonds. The number of hydrogen-bond donors (Lipinski definition) is 1. The van der Waals surface area contributed by atoms with Crippen molar-refractivity contribution in [3.8, 4) is 0 Å². The molecule has 0 aliphatic rings. The highest BCUT2D eigenvalue weighted by Crippen LogP contribution is 2.18. The zero-order chi connectivity index (χ0) is 16.5. The minimum atomic E-state index is 0.0801. The van der Waals surface area contributed by atoms with E-state index >= 15 is 0 Å². The monoisotopic (exact) mass is 310 g/mol. The smallest absolute Gasteiger partial charge is 0.224 e. The fourth-order valence-corrected chi connectivity index (χ4v) is 2.67. The molecule has 0 saturated heterocycles. The Bertz CT molecular complexity index is 589. The van der Waals surface area contributed by atoms with Gasteiger partial charge in [0.2, 0.25) is 5.91 Å². The molecule has 0 aromatic heterocycles. The average Bonchev–Trinajstić information content (AvgIpc) is 2.58. The number of carbonyl (C=O) groups excluding carboxylic acids is 1. The van der Waals surface area contributed by atoms with Crippen LogP contribution in [-0.4, -0.2) is 19.0 Å². The molecule has 2 rings (SSSR count). The van der Waals surface area contributed by atoms with Crippen LogP contribution in [0.3, 0.4) is 0 Å². The molecule has 0 bridgehead atoms. The number of carbonyl (C=O) groups is 1. The first-order valence-electron chi connectivity index (χ1n) is 8.41. The lowest BCUT2D eigenvalue weighted by Crippen LogP contribution is -2.21. The highest BCUT2D eigenvalue weighted by molar-refractivity contribution is 5.90. The second kappa shape index (κ2) is 8.99. The van der Waals surface area contributed by atoms with Crippen LogP contribution in [0.2, 0.25) is 0 Å². The van der Waals surface area contributed by atoms with E-state index in [0.29, 0.717) is 6.42 Å². The van der Waals surface area contributed by atoms with Crippen LogP contribution in [0, 0.1) is 0 Å². The molecule has 0 unspecified atom stereocenters. The van der Waals surface area contributed by atoms with Crippen LogP contribution in [0.1, 0.15) is 32.3 Å². The topological polar surface area (TPSA) is 32.3 Å². The predicted octanol–water partition coefficient (Wildman–Crippen LogP) is 4.49. The number of rotatable bonds is 8. The molecule has 0 heterocycles. The lowest BCUT2D eigenvalue weighted by molar-refractivity contribution is -0.116. The Hall–Kier alpha value is -2.29. The lowest BCUT2D eigenvalue weighted by Gasteiger charge is -2.21. The van der Waals surface area contributed by atoms with Gasteiger partial charge in [-0.05, 0) is 56.5 Å². The van der Waals surface area contributed by atoms with E-state index in [-0.39, 0.29) is 5.91 Å². The van der Waals surface area contributed by atoms with Gasteiger partial charge < -0.3 is 10.2 Å². The van der Waals surface area contributed by atoms with Crippen LogP contribution in [0.25, 0.3) is 0 Å². The van der Waals surface area contributed by atoms with Crippen molar-refractivity contribution < 1.29 is 4.79 Å². The molecule has 2 aromatic carbocycles. The van der Waals surface area contributed by atoms with Crippen molar-refractivity contribution >= 4 is 17.3 Å². The van der Waals surface area contributed by atoms with Gasteiger partial charge in [-0.15, -0.1) is 0 Å². The summed E-state index contributed by atoms with van der Waals surface area (Å²) in [5.41, 5.74) is 3.34. The fraction of sp³-hybridized carbons (Fsp3) is 0.350. The molecule has 2 aromatic rings. The Balaban J connectivity index is 1.78. The number of aryl methyl sites for hydroxylation is 1. The summed E-state index contributed by atoms with van der Waals surface area (Å²) in [5.74, 6) is 0.0801. The molecular weight excluding hydrogens is 284 g/mol. The standard InChI is InChI=1S/C20H26N2O/c1-3-22(4-2)19-15-13-18(14-16-19)21-20(23)12-8-11-17-9-6-5-7-10-17/h5-7,9-10,13-16H,3-4,8,11-12H2,1-2H3,(H,21,23). The van der Waals surface area contributed by atoms with Crippen LogP contribution in [-0.2, 0) is 11.2 Å². The number of nitrogens with zero attached hydrogens (tertiary/aromatic N) is 1. The van der Waals surface area contributed by atoms with Crippen molar-refractivity contribution in [3.63, 3.8) is 0 Å². The Morgan fingerprint density at radius 3 is 2.22 bits per heavy atom. The zero-order valence-electron chi connectivity index (χ0n) is 14.1. The third-order valence-electron chi connectivity index (χ3n) is 3.99. The van der Waals surface area contributed by atoms with E-state index in [0.717, 1.165) is 31.6 Å². The van der Waals surface area contributed by atoms with Gasteiger partial charge >= 0.3 is 0 Å². The van der Waals surface area contributed by atoms with Gasteiger partial charge in [-0.1, -0.05) is 30.3 Å². The maximum absolute atomic E-state index is 12.0. The normalized spacial score (nSPS) is 10.3. The summed E-state index contributed by atoms with van der Waals surface area (Å²) in [4.78, 5) is 14.3. The second-order valence-electron chi connectivity index (χ2n) is 5.61. The Morgan fingerprint density at radius 1 is 0.957 bits per heavy atom. The number of anilines is 2. The summed E-state index contributed by atoms with van der Waals surface area (Å²) in [7, 11) is 0. The fourth-order valence-electron chi connectivity index (χ4n) is 2.67. The Morgan fingerprint density at radius 2 is 1.61 bits per heavy atom. The molecule has 0 saturated carbocycles. The lowest BCUT2D eigenvalue weighted by atomic mass is 10.1. The number of amides is 1. The minimum Gasteiger partial charge on any atom is -0.372 e. The van der Waals surface area contributed by atoms with E-state index in [1.165, 1.54) is 11.3 Å². The van der Waals surface area contributed by atoms with Crippen LogP contribution in [0.5, 0.6) is 0 Å². The molecule has 3 nitrogen and oxygen atoms in total. The molecule has 0 aliphatic heterocycles. The van der Waals surface area contributed by atoms with E-state index in [1.807, 2.05) is 30.3 Å². The van der Waals surface area contributed by atoms with Crippen molar-refractivity contribution in [2.45, 2.75) is 33.1 Å². The maximum atomic E-state index is 12.0. The molecule has 0 spiro atoms. The van der Waals surface area contributed by atoms with Crippen molar-refractivity contribution in [1.82, 2.24) is 0 Å². The molecule has 0 aliphatic carbocycles. The van der Waals surface area contributed by atoms with E-state index in [9.17, 15) is 4.79 Å². The van der Waals surface area contributed by atoms with Crippen molar-refractivity contribution in [3.05, 3.63) is 60.2 Å². The summed E-state index contributed by atoms with van der Waals surface area (Å²) in [5, 5.41) is 2.97. The van der Waals surface area contributed by atoms with Crippen LogP contribution in [0.15, 0.2) is 54.6 Å². The first kappa shape index (κ1) is 17.1. The van der Waals surface area contributed by atoms with Gasteiger partial charge in [-0.25, -0.2) is 0 Å². The van der Waals surface area contributed by atoms with Gasteiger partial charge in [0, 0.05) is 30.9 Å². The van der Waals surface area contributed by atoms with Gasteiger partial charge in [0.15, 0.2) is 0 Å². The van der Waals surface area contributed by atoms with Crippen LogP contribution >= 0.6 is 0 Å². The quantitative estimate of drug-likeness (QED) is 0.779. The van der Waals surface area contributed by atoms with Crippen molar-refractivity contribution in [2.75, 3.05) is 23.3 Å². The SMILES string of the molecule is CCN(CC)c1ccc(NC(=O)CCCc2ccccc2)cc1. The Labute approximate surface area is 139 Å². The average molecular weight is 310 g/mol. The van der Waals surface area contributed by atoms with Crippen LogP contribution < -0.4 is 10.2 Å². The van der Waals surface area contributed by atoms with E-state index in [2.05, 4.69) is 48.3 Å². The highest BCUT2D eigenvalue weighted by atomic mass is 16.1. The summed E-state index contributed by atoms with van der Waals surface area (Å²) < 4.78 is 0. The molecule has 1 N–H and O–H groups in total. The largest absolute Gasteiger partial charge is 0.372 e. The molecule has 23 heavy (non-hydrogen) atoms. The van der Waals surface area contributed by atoms with Gasteiger partial charge in [0.05, 0.1) is 0 Å². The van der Waals surface area contributed by atoms with Gasteiger partial charge in [-0.2, -0.15) is 0 Å². The Kier molecular flexibility index (Phi) is 6.67.